The summed E-state index contributed by atoms with van der Waals surface area (Å²) in [6.45, 7) is 2.96. The van der Waals surface area contributed by atoms with Gasteiger partial charge in [-0.05, 0) is 73.6 Å². The third-order valence-electron chi connectivity index (χ3n) is 4.74. The van der Waals surface area contributed by atoms with Gasteiger partial charge in [-0.3, -0.25) is 0 Å². The number of anilines is 1. The van der Waals surface area contributed by atoms with Crippen LogP contribution in [0.15, 0.2) is 67.0 Å². The monoisotopic (exact) mass is 440 g/mol. The lowest BCUT2D eigenvalue weighted by Crippen LogP contribution is -2.40. The molecule has 0 saturated heterocycles. The molecule has 0 amide bonds. The fourth-order valence-corrected chi connectivity index (χ4v) is 3.32. The molecule has 160 valence electrons. The number of aromatic nitrogens is 1. The van der Waals surface area contributed by atoms with E-state index in [4.69, 9.17) is 12.2 Å². The molecule has 3 aromatic rings. The van der Waals surface area contributed by atoms with Crippen LogP contribution < -0.4 is 19.7 Å². The topological polar surface area (TPSA) is 48.2 Å². The maximum absolute atomic E-state index is 13.4. The Labute approximate surface area is 185 Å². The standard InChI is InChI=1S/C24H22F2N2O2S/c1-15-5-4-12-28(14-15)21(22(29)18-7-6-16(2)17(3)13-18)23(31)27-19-8-10-20(11-9-19)30-24(25)26/h4-14,24H,1-3H3,(H-,27,29,31). The van der Waals surface area contributed by atoms with E-state index in [1.807, 2.05) is 51.2 Å². The molecule has 0 atom stereocenters. The highest BCUT2D eigenvalue weighted by molar-refractivity contribution is 7.81. The van der Waals surface area contributed by atoms with Crippen LogP contribution in [0.4, 0.5) is 14.5 Å². The van der Waals surface area contributed by atoms with Crippen LogP contribution in [0.1, 0.15) is 22.3 Å². The van der Waals surface area contributed by atoms with Crippen LogP contribution in [-0.4, -0.2) is 11.6 Å². The lowest BCUT2D eigenvalue weighted by molar-refractivity contribution is -0.578. The summed E-state index contributed by atoms with van der Waals surface area (Å²) in [6, 6.07) is 15.2. The fraction of sp³-hybridized carbons (Fsp3) is 0.167. The van der Waals surface area contributed by atoms with Crippen molar-refractivity contribution in [2.45, 2.75) is 27.4 Å². The number of alkyl halides is 2. The van der Waals surface area contributed by atoms with Crippen molar-refractivity contribution < 1.29 is 23.2 Å². The number of nitrogens with one attached hydrogen (secondary N) is 1. The zero-order valence-corrected chi connectivity index (χ0v) is 18.2. The number of halogens is 2. The number of hydrogen-bond acceptors (Lipinski definition) is 3. The number of ether oxygens (including phenoxy) is 1. The van der Waals surface area contributed by atoms with Crippen molar-refractivity contribution in [1.82, 2.24) is 0 Å². The lowest BCUT2D eigenvalue weighted by atomic mass is 10.0. The highest BCUT2D eigenvalue weighted by atomic mass is 32.1. The third-order valence-corrected chi connectivity index (χ3v) is 5.04. The van der Waals surface area contributed by atoms with Crippen molar-refractivity contribution in [3.05, 3.63) is 89.2 Å². The second-order valence-corrected chi connectivity index (χ2v) is 7.53. The van der Waals surface area contributed by atoms with E-state index in [9.17, 15) is 13.9 Å². The zero-order valence-electron chi connectivity index (χ0n) is 17.4. The molecule has 0 aliphatic carbocycles. The maximum Gasteiger partial charge on any atom is 0.387 e. The van der Waals surface area contributed by atoms with Gasteiger partial charge in [0.2, 0.25) is 5.70 Å². The van der Waals surface area contributed by atoms with E-state index in [1.54, 1.807) is 29.0 Å². The largest absolute Gasteiger partial charge is 0.867 e. The van der Waals surface area contributed by atoms with Gasteiger partial charge in [-0.1, -0.05) is 30.4 Å². The summed E-state index contributed by atoms with van der Waals surface area (Å²) in [5.41, 5.74) is 4.42. The molecule has 1 heterocycles. The fourth-order valence-electron chi connectivity index (χ4n) is 3.00. The number of rotatable bonds is 6. The van der Waals surface area contributed by atoms with Gasteiger partial charge in [-0.15, -0.1) is 0 Å². The van der Waals surface area contributed by atoms with E-state index in [1.165, 1.54) is 12.1 Å². The van der Waals surface area contributed by atoms with Crippen LogP contribution in [0, 0.1) is 20.8 Å². The first-order valence-corrected chi connectivity index (χ1v) is 9.99. The van der Waals surface area contributed by atoms with Crippen molar-refractivity contribution in [3.63, 3.8) is 0 Å². The quantitative estimate of drug-likeness (QED) is 0.263. The Morgan fingerprint density at radius 3 is 2.35 bits per heavy atom. The first-order valence-electron chi connectivity index (χ1n) is 9.58. The molecule has 31 heavy (non-hydrogen) atoms. The van der Waals surface area contributed by atoms with Gasteiger partial charge in [0.15, 0.2) is 17.4 Å². The molecule has 0 spiro atoms. The number of nitrogens with zero attached hydrogens (tertiary/aromatic N) is 1. The molecule has 0 fully saturated rings. The first kappa shape index (κ1) is 22.4. The summed E-state index contributed by atoms with van der Waals surface area (Å²) >= 11 is 5.58. The van der Waals surface area contributed by atoms with E-state index in [0.29, 0.717) is 11.3 Å². The number of benzene rings is 2. The molecule has 0 aliphatic rings. The molecular formula is C24H22F2N2O2S. The second-order valence-electron chi connectivity index (χ2n) is 7.12. The summed E-state index contributed by atoms with van der Waals surface area (Å²) in [7, 11) is 0. The number of hydrogen-bond donors (Lipinski definition) is 1. The SMILES string of the molecule is Cc1ccc[n+](C(C(=S)Nc2ccc(OC(F)F)cc2)=C([O-])c2ccc(C)c(C)c2)c1. The van der Waals surface area contributed by atoms with Gasteiger partial charge in [-0.25, -0.2) is 0 Å². The Bertz CT molecular complexity index is 1130. The minimum atomic E-state index is -2.90. The molecule has 0 bridgehead atoms. The number of aryl methyl sites for hydroxylation is 3. The van der Waals surface area contributed by atoms with Crippen LogP contribution in [0.5, 0.6) is 5.75 Å². The van der Waals surface area contributed by atoms with Crippen molar-refractivity contribution in [2.75, 3.05) is 5.32 Å². The van der Waals surface area contributed by atoms with Crippen LogP contribution in [0.2, 0.25) is 0 Å². The summed E-state index contributed by atoms with van der Waals surface area (Å²) < 4.78 is 30.8. The molecule has 4 nitrogen and oxygen atoms in total. The maximum atomic E-state index is 13.4. The summed E-state index contributed by atoms with van der Waals surface area (Å²) in [6.07, 6.45) is 3.58. The lowest BCUT2D eigenvalue weighted by Gasteiger charge is -2.18. The Morgan fingerprint density at radius 1 is 1.03 bits per heavy atom. The summed E-state index contributed by atoms with van der Waals surface area (Å²) in [4.78, 5) is 0.210. The predicted molar refractivity (Wildman–Crippen MR) is 120 cm³/mol. The van der Waals surface area contributed by atoms with E-state index in [0.717, 1.165) is 16.7 Å². The first-order chi connectivity index (χ1) is 14.7. The molecule has 0 aliphatic heterocycles. The molecule has 0 saturated carbocycles. The Kier molecular flexibility index (Phi) is 6.97. The molecule has 1 N–H and O–H groups in total. The van der Waals surface area contributed by atoms with Gasteiger partial charge in [0.05, 0.1) is 0 Å². The average molecular weight is 441 g/mol. The van der Waals surface area contributed by atoms with Crippen LogP contribution >= 0.6 is 12.2 Å². The van der Waals surface area contributed by atoms with Crippen molar-refractivity contribution in [3.8, 4) is 5.75 Å². The smallest absolute Gasteiger partial charge is 0.387 e. The van der Waals surface area contributed by atoms with Gasteiger partial charge in [0.25, 0.3) is 0 Å². The molecular weight excluding hydrogens is 418 g/mol. The van der Waals surface area contributed by atoms with E-state index >= 15 is 0 Å². The number of pyridine rings is 1. The number of thiocarbonyl (C=S) groups is 1. The van der Waals surface area contributed by atoms with Crippen molar-refractivity contribution in [2.24, 2.45) is 0 Å². The summed E-state index contributed by atoms with van der Waals surface area (Å²) in [5, 5.41) is 16.5. The van der Waals surface area contributed by atoms with E-state index in [2.05, 4.69) is 10.1 Å². The third kappa shape index (κ3) is 5.64. The predicted octanol–water partition coefficient (Wildman–Crippen LogP) is 4.63. The van der Waals surface area contributed by atoms with Crippen LogP contribution in [-0.2, 0) is 0 Å². The van der Waals surface area contributed by atoms with Gasteiger partial charge in [-0.2, -0.15) is 13.3 Å². The molecule has 0 radical (unpaired) electrons. The van der Waals surface area contributed by atoms with E-state index in [-0.39, 0.29) is 22.2 Å². The van der Waals surface area contributed by atoms with Crippen LogP contribution in [0.3, 0.4) is 0 Å². The molecule has 3 rings (SSSR count). The zero-order chi connectivity index (χ0) is 22.5. The Hall–Kier alpha value is -3.32. The van der Waals surface area contributed by atoms with Crippen molar-refractivity contribution >= 4 is 34.3 Å². The van der Waals surface area contributed by atoms with Gasteiger partial charge in [0, 0.05) is 17.3 Å². The minimum Gasteiger partial charge on any atom is -0.867 e. The molecule has 0 unspecified atom stereocenters. The Morgan fingerprint density at radius 2 is 1.74 bits per heavy atom. The van der Waals surface area contributed by atoms with Crippen LogP contribution in [0.25, 0.3) is 11.5 Å². The minimum absolute atomic E-state index is 0.0370. The normalized spacial score (nSPS) is 11.8. The highest BCUT2D eigenvalue weighted by Gasteiger charge is 2.19. The van der Waals surface area contributed by atoms with E-state index < -0.39 is 6.61 Å². The summed E-state index contributed by atoms with van der Waals surface area (Å²) in [5.74, 6) is -0.191. The molecule has 2 aromatic carbocycles. The van der Waals surface area contributed by atoms with Gasteiger partial charge >= 0.3 is 6.61 Å². The van der Waals surface area contributed by atoms with Crippen molar-refractivity contribution in [1.29, 1.82) is 0 Å². The van der Waals surface area contributed by atoms with Gasteiger partial charge < -0.3 is 15.2 Å². The average Bonchev–Trinajstić information content (AvgIpc) is 2.71. The highest BCUT2D eigenvalue weighted by Crippen LogP contribution is 2.21. The Balaban J connectivity index is 2.00. The molecule has 7 heteroatoms. The van der Waals surface area contributed by atoms with Gasteiger partial charge in [0.1, 0.15) is 5.75 Å². The second kappa shape index (κ2) is 9.66. The molecule has 1 aromatic heterocycles.